The van der Waals surface area contributed by atoms with Crippen molar-refractivity contribution in [3.63, 3.8) is 0 Å². The van der Waals surface area contributed by atoms with Gasteiger partial charge in [-0.05, 0) is 58.1 Å². The minimum absolute atomic E-state index is 0.0105. The summed E-state index contributed by atoms with van der Waals surface area (Å²) in [4.78, 5) is 20.7. The van der Waals surface area contributed by atoms with Crippen LogP contribution in [0.4, 0.5) is 11.5 Å². The average Bonchev–Trinajstić information content (AvgIpc) is 2.54. The number of aromatic nitrogens is 1. The van der Waals surface area contributed by atoms with Gasteiger partial charge >= 0.3 is 0 Å². The SMILES string of the molecule is CN1CCC(N(C)c2ccc(NC(=O)CCCN)cn2)CC1. The maximum absolute atomic E-state index is 11.7. The third-order valence-corrected chi connectivity index (χ3v) is 4.24. The number of nitrogens with zero attached hydrogens (tertiary/aromatic N) is 3. The first-order valence-corrected chi connectivity index (χ1v) is 7.97. The van der Waals surface area contributed by atoms with Gasteiger partial charge in [0.2, 0.25) is 5.91 Å². The molecule has 1 amide bonds. The minimum Gasteiger partial charge on any atom is -0.357 e. The Kier molecular flexibility index (Phi) is 6.15. The fourth-order valence-electron chi connectivity index (χ4n) is 2.72. The molecule has 0 unspecified atom stereocenters. The number of likely N-dealkylation sites (tertiary alicyclic amines) is 1. The van der Waals surface area contributed by atoms with E-state index in [4.69, 9.17) is 5.73 Å². The van der Waals surface area contributed by atoms with Gasteiger partial charge in [-0.25, -0.2) is 4.98 Å². The molecule has 3 N–H and O–H groups in total. The van der Waals surface area contributed by atoms with Crippen molar-refractivity contribution in [3.05, 3.63) is 18.3 Å². The number of nitrogens with one attached hydrogen (secondary N) is 1. The third kappa shape index (κ3) is 4.68. The van der Waals surface area contributed by atoms with Gasteiger partial charge in [-0.2, -0.15) is 0 Å². The molecule has 1 fully saturated rings. The van der Waals surface area contributed by atoms with Crippen LogP contribution in [0.3, 0.4) is 0 Å². The number of carbonyl (C=O) groups excluding carboxylic acids is 1. The lowest BCUT2D eigenvalue weighted by molar-refractivity contribution is -0.116. The van der Waals surface area contributed by atoms with E-state index in [2.05, 4.69) is 34.2 Å². The van der Waals surface area contributed by atoms with Crippen molar-refractivity contribution in [3.8, 4) is 0 Å². The molecule has 1 aromatic heterocycles. The van der Waals surface area contributed by atoms with E-state index < -0.39 is 0 Å². The minimum atomic E-state index is -0.0105. The molecular weight excluding hydrogens is 278 g/mol. The summed E-state index contributed by atoms with van der Waals surface area (Å²) in [5, 5.41) is 2.85. The molecule has 2 rings (SSSR count). The summed E-state index contributed by atoms with van der Waals surface area (Å²) in [5.41, 5.74) is 6.14. The van der Waals surface area contributed by atoms with E-state index in [-0.39, 0.29) is 5.91 Å². The fraction of sp³-hybridized carbons (Fsp3) is 0.625. The lowest BCUT2D eigenvalue weighted by atomic mass is 10.0. The quantitative estimate of drug-likeness (QED) is 0.828. The van der Waals surface area contributed by atoms with Crippen LogP contribution >= 0.6 is 0 Å². The molecule has 6 heteroatoms. The molecule has 0 atom stereocenters. The maximum Gasteiger partial charge on any atom is 0.224 e. The van der Waals surface area contributed by atoms with Crippen LogP contribution in [-0.4, -0.2) is 55.6 Å². The van der Waals surface area contributed by atoms with E-state index in [1.807, 2.05) is 12.1 Å². The summed E-state index contributed by atoms with van der Waals surface area (Å²) in [6, 6.07) is 4.42. The molecule has 122 valence electrons. The molecule has 0 bridgehead atoms. The summed E-state index contributed by atoms with van der Waals surface area (Å²) >= 11 is 0. The highest BCUT2D eigenvalue weighted by molar-refractivity contribution is 5.90. The Hall–Kier alpha value is -1.66. The van der Waals surface area contributed by atoms with Crippen LogP contribution in [0.1, 0.15) is 25.7 Å². The highest BCUT2D eigenvalue weighted by Crippen LogP contribution is 2.21. The lowest BCUT2D eigenvalue weighted by Gasteiger charge is -2.35. The Morgan fingerprint density at radius 3 is 2.77 bits per heavy atom. The van der Waals surface area contributed by atoms with Gasteiger partial charge in [-0.1, -0.05) is 0 Å². The second-order valence-electron chi connectivity index (χ2n) is 5.99. The number of carbonyl (C=O) groups is 1. The van der Waals surface area contributed by atoms with Crippen molar-refractivity contribution in [1.29, 1.82) is 0 Å². The Morgan fingerprint density at radius 1 is 1.45 bits per heavy atom. The Balaban J connectivity index is 1.89. The molecule has 1 saturated heterocycles. The molecule has 1 aliphatic heterocycles. The van der Waals surface area contributed by atoms with Gasteiger partial charge in [0.25, 0.3) is 0 Å². The molecule has 0 aliphatic carbocycles. The lowest BCUT2D eigenvalue weighted by Crippen LogP contribution is -2.42. The maximum atomic E-state index is 11.7. The van der Waals surface area contributed by atoms with Crippen molar-refractivity contribution in [2.45, 2.75) is 31.7 Å². The first-order valence-electron chi connectivity index (χ1n) is 7.97. The van der Waals surface area contributed by atoms with Gasteiger partial charge < -0.3 is 20.9 Å². The Labute approximate surface area is 132 Å². The number of hydrogen-bond acceptors (Lipinski definition) is 5. The van der Waals surface area contributed by atoms with Gasteiger partial charge in [-0.15, -0.1) is 0 Å². The predicted molar refractivity (Wildman–Crippen MR) is 90.1 cm³/mol. The van der Waals surface area contributed by atoms with Crippen LogP contribution in [0.5, 0.6) is 0 Å². The molecule has 0 saturated carbocycles. The van der Waals surface area contributed by atoms with E-state index in [0.717, 1.165) is 37.4 Å². The molecule has 0 spiro atoms. The zero-order valence-electron chi connectivity index (χ0n) is 13.6. The normalized spacial score (nSPS) is 16.5. The zero-order chi connectivity index (χ0) is 15.9. The van der Waals surface area contributed by atoms with Gasteiger partial charge in [0.1, 0.15) is 5.82 Å². The first kappa shape index (κ1) is 16.7. The summed E-state index contributed by atoms with van der Waals surface area (Å²) < 4.78 is 0. The van der Waals surface area contributed by atoms with E-state index in [9.17, 15) is 4.79 Å². The number of pyridine rings is 1. The largest absolute Gasteiger partial charge is 0.357 e. The molecule has 6 nitrogen and oxygen atoms in total. The number of piperidine rings is 1. The van der Waals surface area contributed by atoms with E-state index in [0.29, 0.717) is 25.4 Å². The highest BCUT2D eigenvalue weighted by Gasteiger charge is 2.21. The van der Waals surface area contributed by atoms with Gasteiger partial charge in [-0.3, -0.25) is 4.79 Å². The topological polar surface area (TPSA) is 74.5 Å². The number of anilines is 2. The second-order valence-corrected chi connectivity index (χ2v) is 5.99. The Bertz CT molecular complexity index is 468. The molecule has 2 heterocycles. The molecule has 22 heavy (non-hydrogen) atoms. The van der Waals surface area contributed by atoms with Crippen LogP contribution in [0, 0.1) is 0 Å². The van der Waals surface area contributed by atoms with E-state index in [1.165, 1.54) is 0 Å². The van der Waals surface area contributed by atoms with Crippen LogP contribution in [0.15, 0.2) is 18.3 Å². The fourth-order valence-corrected chi connectivity index (χ4v) is 2.72. The predicted octanol–water partition coefficient (Wildman–Crippen LogP) is 1.29. The van der Waals surface area contributed by atoms with E-state index in [1.54, 1.807) is 6.20 Å². The first-order chi connectivity index (χ1) is 10.6. The number of nitrogens with two attached hydrogens (primary N) is 1. The van der Waals surface area contributed by atoms with Crippen LogP contribution in [-0.2, 0) is 4.79 Å². The second kappa shape index (κ2) is 8.10. The molecule has 0 aromatic carbocycles. The number of rotatable bonds is 6. The van der Waals surface area contributed by atoms with E-state index >= 15 is 0 Å². The molecule has 1 aromatic rings. The van der Waals surface area contributed by atoms with Crippen LogP contribution in [0.2, 0.25) is 0 Å². The average molecular weight is 305 g/mol. The van der Waals surface area contributed by atoms with Crippen molar-refractivity contribution in [2.24, 2.45) is 5.73 Å². The highest BCUT2D eigenvalue weighted by atomic mass is 16.1. The Morgan fingerprint density at radius 2 is 2.18 bits per heavy atom. The van der Waals surface area contributed by atoms with Crippen molar-refractivity contribution in [1.82, 2.24) is 9.88 Å². The van der Waals surface area contributed by atoms with Gasteiger partial charge in [0.15, 0.2) is 0 Å². The van der Waals surface area contributed by atoms with Crippen molar-refractivity contribution >= 4 is 17.4 Å². The monoisotopic (exact) mass is 305 g/mol. The standard InChI is InChI=1S/C16H27N5O/c1-20-10-7-14(8-11-20)21(2)15-6-5-13(12-18-15)19-16(22)4-3-9-17/h5-6,12,14H,3-4,7-11,17H2,1-2H3,(H,19,22). The van der Waals surface area contributed by atoms with Crippen LogP contribution in [0.25, 0.3) is 0 Å². The third-order valence-electron chi connectivity index (χ3n) is 4.24. The summed E-state index contributed by atoms with van der Waals surface area (Å²) in [7, 11) is 4.26. The smallest absolute Gasteiger partial charge is 0.224 e. The van der Waals surface area contributed by atoms with Crippen molar-refractivity contribution in [2.75, 3.05) is 43.9 Å². The van der Waals surface area contributed by atoms with Gasteiger partial charge in [0, 0.05) is 19.5 Å². The summed E-state index contributed by atoms with van der Waals surface area (Å²) in [5.74, 6) is 0.943. The van der Waals surface area contributed by atoms with Crippen LogP contribution < -0.4 is 16.0 Å². The summed E-state index contributed by atoms with van der Waals surface area (Å²) in [6.07, 6.45) is 5.20. The zero-order valence-corrected chi connectivity index (χ0v) is 13.6. The number of hydrogen-bond donors (Lipinski definition) is 2. The molecule has 1 aliphatic rings. The number of amides is 1. The van der Waals surface area contributed by atoms with Gasteiger partial charge in [0.05, 0.1) is 11.9 Å². The van der Waals surface area contributed by atoms with Crippen molar-refractivity contribution < 1.29 is 4.79 Å². The molecular formula is C16H27N5O. The summed E-state index contributed by atoms with van der Waals surface area (Å²) in [6.45, 7) is 2.79. The molecule has 0 radical (unpaired) electrons.